The number of hydrogen-bond donors (Lipinski definition) is 2. The Hall–Kier alpha value is -3.36. The number of carbonyl (C=O) groups is 1. The predicted molar refractivity (Wildman–Crippen MR) is 146 cm³/mol. The molecule has 0 radical (unpaired) electrons. The van der Waals surface area contributed by atoms with Gasteiger partial charge in [-0.2, -0.15) is 5.26 Å². The van der Waals surface area contributed by atoms with E-state index in [9.17, 15) is 10.1 Å². The average molecular weight is 481 g/mol. The first-order chi connectivity index (χ1) is 17.6. The van der Waals surface area contributed by atoms with Crippen LogP contribution in [0.1, 0.15) is 59.9 Å². The molecule has 0 unspecified atom stereocenters. The van der Waals surface area contributed by atoms with Crippen LogP contribution in [0, 0.1) is 24.2 Å². The van der Waals surface area contributed by atoms with E-state index < -0.39 is 0 Å². The summed E-state index contributed by atoms with van der Waals surface area (Å²) in [5.41, 5.74) is 6.92. The number of nitriles is 1. The average Bonchev–Trinajstić information content (AvgIpc) is 3.21. The van der Waals surface area contributed by atoms with Crippen LogP contribution in [0.3, 0.4) is 0 Å². The molecule has 2 heterocycles. The van der Waals surface area contributed by atoms with Crippen molar-refractivity contribution in [2.45, 2.75) is 57.9 Å². The van der Waals surface area contributed by atoms with E-state index in [4.69, 9.17) is 0 Å². The highest BCUT2D eigenvalue weighted by atomic mass is 16.1. The molecule has 0 spiro atoms. The SMILES string of the molecule is Cc1cccc2c(/C=C/C(=O)NC3CCC(CCN4CCc5ccc(C#N)cc5CC4)CC3)c[nH]c12. The Morgan fingerprint density at radius 2 is 1.94 bits per heavy atom. The monoisotopic (exact) mass is 480 g/mol. The number of aryl methyl sites for hydroxylation is 1. The molecule has 1 fully saturated rings. The summed E-state index contributed by atoms with van der Waals surface area (Å²) < 4.78 is 0. The third-order valence-electron chi connectivity index (χ3n) is 8.15. The maximum absolute atomic E-state index is 12.6. The lowest BCUT2D eigenvalue weighted by Gasteiger charge is -2.30. The third kappa shape index (κ3) is 5.71. The Kier molecular flexibility index (Phi) is 7.53. The Balaban J connectivity index is 1.04. The zero-order chi connectivity index (χ0) is 24.9. The van der Waals surface area contributed by atoms with Gasteiger partial charge in [0.15, 0.2) is 0 Å². The molecule has 0 saturated heterocycles. The second kappa shape index (κ2) is 11.1. The Morgan fingerprint density at radius 1 is 1.14 bits per heavy atom. The van der Waals surface area contributed by atoms with Crippen LogP contribution in [0.4, 0.5) is 0 Å². The molecule has 1 saturated carbocycles. The quantitative estimate of drug-likeness (QED) is 0.456. The predicted octanol–water partition coefficient (Wildman–Crippen LogP) is 5.53. The van der Waals surface area contributed by atoms with Crippen molar-refractivity contribution in [2.24, 2.45) is 5.92 Å². The minimum atomic E-state index is 0.00383. The van der Waals surface area contributed by atoms with E-state index in [1.807, 2.05) is 18.3 Å². The fraction of sp³-hybridized carbons (Fsp3) is 0.419. The third-order valence-corrected chi connectivity index (χ3v) is 8.15. The van der Waals surface area contributed by atoms with Crippen molar-refractivity contribution < 1.29 is 4.79 Å². The van der Waals surface area contributed by atoms with E-state index in [1.54, 1.807) is 6.08 Å². The fourth-order valence-corrected chi connectivity index (χ4v) is 5.91. The fourth-order valence-electron chi connectivity index (χ4n) is 5.91. The molecule has 5 nitrogen and oxygen atoms in total. The second-order valence-corrected chi connectivity index (χ2v) is 10.5. The summed E-state index contributed by atoms with van der Waals surface area (Å²) in [7, 11) is 0. The van der Waals surface area contributed by atoms with Crippen LogP contribution in [0.15, 0.2) is 48.7 Å². The smallest absolute Gasteiger partial charge is 0.244 e. The summed E-state index contributed by atoms with van der Waals surface area (Å²) in [5, 5.41) is 13.6. The van der Waals surface area contributed by atoms with Gasteiger partial charge in [-0.3, -0.25) is 4.79 Å². The molecule has 2 aromatic carbocycles. The molecule has 0 bridgehead atoms. The van der Waals surface area contributed by atoms with E-state index in [-0.39, 0.29) is 11.9 Å². The Bertz CT molecular complexity index is 1290. The Labute approximate surface area is 214 Å². The number of para-hydroxylation sites is 1. The van der Waals surface area contributed by atoms with E-state index in [1.165, 1.54) is 36.0 Å². The zero-order valence-electron chi connectivity index (χ0n) is 21.2. The molecular formula is C31H36N4O. The molecule has 2 N–H and O–H groups in total. The van der Waals surface area contributed by atoms with Gasteiger partial charge in [0, 0.05) is 42.3 Å². The number of aromatic amines is 1. The first-order valence-corrected chi connectivity index (χ1v) is 13.4. The van der Waals surface area contributed by atoms with E-state index >= 15 is 0 Å². The Morgan fingerprint density at radius 3 is 2.75 bits per heavy atom. The van der Waals surface area contributed by atoms with Gasteiger partial charge in [-0.25, -0.2) is 0 Å². The van der Waals surface area contributed by atoms with Crippen LogP contribution in [-0.2, 0) is 17.6 Å². The number of carbonyl (C=O) groups excluding carboxylic acids is 1. The molecule has 1 amide bonds. The van der Waals surface area contributed by atoms with E-state index in [2.05, 4.69) is 58.5 Å². The molecule has 186 valence electrons. The number of hydrogen-bond acceptors (Lipinski definition) is 3. The molecule has 0 atom stereocenters. The van der Waals surface area contributed by atoms with Crippen LogP contribution in [-0.4, -0.2) is 41.5 Å². The van der Waals surface area contributed by atoms with Gasteiger partial charge in [0.25, 0.3) is 0 Å². The van der Waals surface area contributed by atoms with Crippen molar-refractivity contribution in [3.05, 3.63) is 76.5 Å². The van der Waals surface area contributed by atoms with Gasteiger partial charge >= 0.3 is 0 Å². The number of rotatable bonds is 6. The van der Waals surface area contributed by atoms with Gasteiger partial charge in [-0.15, -0.1) is 0 Å². The van der Waals surface area contributed by atoms with Gasteiger partial charge in [-0.1, -0.05) is 24.3 Å². The molecule has 1 aliphatic heterocycles. The van der Waals surface area contributed by atoms with Crippen LogP contribution < -0.4 is 5.32 Å². The largest absolute Gasteiger partial charge is 0.360 e. The van der Waals surface area contributed by atoms with E-state index in [0.29, 0.717) is 0 Å². The summed E-state index contributed by atoms with van der Waals surface area (Å²) in [5.74, 6) is 0.753. The maximum atomic E-state index is 12.6. The standard InChI is InChI=1S/C31H36N4O/c1-22-3-2-4-29-27(21-33-31(22)29)9-12-30(36)34-28-10-6-23(7-11-28)13-16-35-17-14-25-8-5-24(20-32)19-26(25)15-18-35/h2-5,8-9,12,19,21,23,28,33H,6-7,10-11,13-18H2,1H3,(H,34,36)/b12-9+. The lowest BCUT2D eigenvalue weighted by molar-refractivity contribution is -0.117. The summed E-state index contributed by atoms with van der Waals surface area (Å²) in [6.45, 7) is 5.42. The minimum Gasteiger partial charge on any atom is -0.360 e. The molecule has 5 rings (SSSR count). The molecule has 2 aliphatic rings. The first-order valence-electron chi connectivity index (χ1n) is 13.4. The normalized spacial score (nSPS) is 20.7. The summed E-state index contributed by atoms with van der Waals surface area (Å²) in [6, 6.07) is 15.0. The maximum Gasteiger partial charge on any atom is 0.244 e. The van der Waals surface area contributed by atoms with Crippen LogP contribution in [0.5, 0.6) is 0 Å². The zero-order valence-corrected chi connectivity index (χ0v) is 21.2. The summed E-state index contributed by atoms with van der Waals surface area (Å²) in [6.07, 6.45) is 13.4. The van der Waals surface area contributed by atoms with Crippen LogP contribution in [0.25, 0.3) is 17.0 Å². The van der Waals surface area contributed by atoms with Crippen molar-refractivity contribution in [3.63, 3.8) is 0 Å². The molecule has 1 aromatic heterocycles. The molecule has 1 aliphatic carbocycles. The van der Waals surface area contributed by atoms with Gasteiger partial charge in [0.1, 0.15) is 0 Å². The second-order valence-electron chi connectivity index (χ2n) is 10.5. The first kappa shape index (κ1) is 24.3. The summed E-state index contributed by atoms with van der Waals surface area (Å²) in [4.78, 5) is 18.5. The van der Waals surface area contributed by atoms with E-state index in [0.717, 1.165) is 73.3 Å². The molecule has 36 heavy (non-hydrogen) atoms. The molecule has 3 aromatic rings. The van der Waals surface area contributed by atoms with Gasteiger partial charge in [0.2, 0.25) is 5.91 Å². The lowest BCUT2D eigenvalue weighted by atomic mass is 9.84. The molecule has 5 heteroatoms. The number of amides is 1. The topological polar surface area (TPSA) is 71.9 Å². The number of nitrogens with zero attached hydrogens (tertiary/aromatic N) is 2. The van der Waals surface area contributed by atoms with Crippen molar-refractivity contribution >= 4 is 22.9 Å². The number of H-pyrrole nitrogens is 1. The highest BCUT2D eigenvalue weighted by Crippen LogP contribution is 2.28. The number of fused-ring (bicyclic) bond motifs is 2. The highest BCUT2D eigenvalue weighted by molar-refractivity contribution is 5.97. The van der Waals surface area contributed by atoms with Crippen LogP contribution in [0.2, 0.25) is 0 Å². The number of benzene rings is 2. The highest BCUT2D eigenvalue weighted by Gasteiger charge is 2.23. The number of aromatic nitrogens is 1. The molecular weight excluding hydrogens is 444 g/mol. The van der Waals surface area contributed by atoms with Crippen LogP contribution >= 0.6 is 0 Å². The minimum absolute atomic E-state index is 0.00383. The van der Waals surface area contributed by atoms with Gasteiger partial charge in [-0.05, 0) is 105 Å². The van der Waals surface area contributed by atoms with Crippen molar-refractivity contribution in [3.8, 4) is 6.07 Å². The van der Waals surface area contributed by atoms with Crippen molar-refractivity contribution in [2.75, 3.05) is 19.6 Å². The van der Waals surface area contributed by atoms with Crippen molar-refractivity contribution in [1.82, 2.24) is 15.2 Å². The number of nitrogens with one attached hydrogen (secondary N) is 2. The lowest BCUT2D eigenvalue weighted by Crippen LogP contribution is -2.37. The van der Waals surface area contributed by atoms with Gasteiger partial charge < -0.3 is 15.2 Å². The van der Waals surface area contributed by atoms with Crippen molar-refractivity contribution in [1.29, 1.82) is 5.26 Å². The van der Waals surface area contributed by atoms with Gasteiger partial charge in [0.05, 0.1) is 11.6 Å². The summed E-state index contributed by atoms with van der Waals surface area (Å²) >= 11 is 0.